The predicted octanol–water partition coefficient (Wildman–Crippen LogP) is 3.36. The fourth-order valence-corrected chi connectivity index (χ4v) is 5.14. The highest BCUT2D eigenvalue weighted by Gasteiger charge is 2.27. The van der Waals surface area contributed by atoms with Crippen LogP contribution in [0.5, 0.6) is 0 Å². The van der Waals surface area contributed by atoms with E-state index < -0.39 is 21.5 Å². The maximum absolute atomic E-state index is 13.8. The van der Waals surface area contributed by atoms with Crippen LogP contribution in [0.2, 0.25) is 0 Å². The van der Waals surface area contributed by atoms with Crippen molar-refractivity contribution in [2.24, 2.45) is 0 Å². The molecule has 0 spiro atoms. The Hall–Kier alpha value is -2.52. The first-order chi connectivity index (χ1) is 14.8. The van der Waals surface area contributed by atoms with Crippen molar-refractivity contribution >= 4 is 27.1 Å². The van der Waals surface area contributed by atoms with Crippen LogP contribution in [0.15, 0.2) is 46.2 Å². The summed E-state index contributed by atoms with van der Waals surface area (Å²) in [4.78, 5) is 15.5. The third-order valence-corrected chi connectivity index (χ3v) is 7.06. The zero-order chi connectivity index (χ0) is 22.6. The van der Waals surface area contributed by atoms with E-state index in [1.807, 2.05) is 6.92 Å². The normalized spacial score (nSPS) is 14.9. The molecular formula is C22H27F2N3O3S. The number of benzene rings is 2. The number of halogens is 2. The van der Waals surface area contributed by atoms with Gasteiger partial charge in [0.15, 0.2) is 11.6 Å². The molecule has 0 aliphatic carbocycles. The highest BCUT2D eigenvalue weighted by atomic mass is 32.2. The van der Waals surface area contributed by atoms with Crippen molar-refractivity contribution in [2.75, 3.05) is 42.5 Å². The third-order valence-electron chi connectivity index (χ3n) is 5.26. The lowest BCUT2D eigenvalue weighted by Gasteiger charge is -2.28. The first-order valence-electron chi connectivity index (χ1n) is 10.3. The molecule has 0 unspecified atom stereocenters. The van der Waals surface area contributed by atoms with Gasteiger partial charge in [0.1, 0.15) is 0 Å². The van der Waals surface area contributed by atoms with Crippen LogP contribution >= 0.6 is 0 Å². The molecule has 31 heavy (non-hydrogen) atoms. The van der Waals surface area contributed by atoms with Gasteiger partial charge in [0.05, 0.1) is 15.5 Å². The average Bonchev–Trinajstić information content (AvgIpc) is 3.03. The van der Waals surface area contributed by atoms with Crippen molar-refractivity contribution < 1.29 is 22.0 Å². The number of carbonyl (C=O) groups excluding carboxylic acids is 1. The Balaban J connectivity index is 2.15. The van der Waals surface area contributed by atoms with Crippen LogP contribution in [0, 0.1) is 11.6 Å². The second-order valence-corrected chi connectivity index (χ2v) is 9.41. The summed E-state index contributed by atoms with van der Waals surface area (Å²) in [5.41, 5.74) is 1.05. The molecule has 1 heterocycles. The molecular weight excluding hydrogens is 424 g/mol. The highest BCUT2D eigenvalue weighted by Crippen LogP contribution is 2.35. The van der Waals surface area contributed by atoms with Crippen LogP contribution in [-0.2, 0) is 14.6 Å². The Morgan fingerprint density at radius 3 is 2.55 bits per heavy atom. The second kappa shape index (κ2) is 9.74. The standard InChI is InChI=1S/C22H27F2N3O3S/c1-3-11-27(16(2)28)21-14-17(26-12-4-9-25-10-13-26)5-8-22(21)31(29,30)18-6-7-19(23)20(24)15-18/h5-8,14-15,25H,3-4,9-13H2,1-2H3. The number of anilines is 2. The molecule has 1 aliphatic rings. The number of carbonyl (C=O) groups is 1. The van der Waals surface area contributed by atoms with Crippen molar-refractivity contribution in [2.45, 2.75) is 36.5 Å². The molecule has 0 radical (unpaired) electrons. The first kappa shape index (κ1) is 23.1. The van der Waals surface area contributed by atoms with Gasteiger partial charge >= 0.3 is 0 Å². The molecule has 2 aromatic rings. The SMILES string of the molecule is CCCN(C(C)=O)c1cc(N2CCCNCC2)ccc1S(=O)(=O)c1ccc(F)c(F)c1. The summed E-state index contributed by atoms with van der Waals surface area (Å²) in [6, 6.07) is 7.34. The minimum atomic E-state index is -4.19. The summed E-state index contributed by atoms with van der Waals surface area (Å²) in [7, 11) is -4.19. The molecule has 3 rings (SSSR count). The second-order valence-electron chi connectivity index (χ2n) is 7.49. The fraction of sp³-hybridized carbons (Fsp3) is 0.409. The summed E-state index contributed by atoms with van der Waals surface area (Å²) in [5, 5.41) is 3.32. The van der Waals surface area contributed by atoms with Crippen LogP contribution in [0.4, 0.5) is 20.2 Å². The monoisotopic (exact) mass is 451 g/mol. The van der Waals surface area contributed by atoms with Crippen LogP contribution in [0.1, 0.15) is 26.7 Å². The zero-order valence-electron chi connectivity index (χ0n) is 17.7. The summed E-state index contributed by atoms with van der Waals surface area (Å²) in [6.07, 6.45) is 1.57. The number of hydrogen-bond acceptors (Lipinski definition) is 5. The van der Waals surface area contributed by atoms with Crippen molar-refractivity contribution in [3.8, 4) is 0 Å². The molecule has 1 aliphatic heterocycles. The molecule has 0 atom stereocenters. The van der Waals surface area contributed by atoms with E-state index in [1.54, 1.807) is 12.1 Å². The smallest absolute Gasteiger partial charge is 0.223 e. The Labute approximate surface area is 181 Å². The molecule has 0 saturated carbocycles. The molecule has 1 amide bonds. The Morgan fingerprint density at radius 2 is 1.87 bits per heavy atom. The van der Waals surface area contributed by atoms with Gasteiger partial charge in [-0.05, 0) is 55.8 Å². The van der Waals surface area contributed by atoms with Gasteiger partial charge in [-0.15, -0.1) is 0 Å². The van der Waals surface area contributed by atoms with Gasteiger partial charge < -0.3 is 15.1 Å². The Kier molecular flexibility index (Phi) is 7.27. The van der Waals surface area contributed by atoms with Gasteiger partial charge in [-0.2, -0.15) is 0 Å². The summed E-state index contributed by atoms with van der Waals surface area (Å²) in [6.45, 7) is 6.87. The van der Waals surface area contributed by atoms with Gasteiger partial charge in [0.25, 0.3) is 0 Å². The van der Waals surface area contributed by atoms with Gasteiger partial charge in [-0.25, -0.2) is 17.2 Å². The van der Waals surface area contributed by atoms with Crippen molar-refractivity contribution in [3.05, 3.63) is 48.0 Å². The van der Waals surface area contributed by atoms with Crippen molar-refractivity contribution in [1.82, 2.24) is 5.32 Å². The molecule has 1 N–H and O–H groups in total. The summed E-state index contributed by atoms with van der Waals surface area (Å²) in [5.74, 6) is -2.66. The number of nitrogens with one attached hydrogen (secondary N) is 1. The minimum absolute atomic E-state index is 0.112. The number of rotatable bonds is 6. The van der Waals surface area contributed by atoms with Gasteiger partial charge in [-0.3, -0.25) is 4.79 Å². The molecule has 1 fully saturated rings. The fourth-order valence-electron chi connectivity index (χ4n) is 3.69. The van der Waals surface area contributed by atoms with E-state index in [2.05, 4.69) is 10.2 Å². The minimum Gasteiger partial charge on any atom is -0.370 e. The lowest BCUT2D eigenvalue weighted by Crippen LogP contribution is -2.32. The van der Waals surface area contributed by atoms with E-state index >= 15 is 0 Å². The molecule has 0 aromatic heterocycles. The number of amides is 1. The van der Waals surface area contributed by atoms with E-state index in [4.69, 9.17) is 0 Å². The molecule has 2 aromatic carbocycles. The van der Waals surface area contributed by atoms with Gasteiger partial charge in [0, 0.05) is 38.8 Å². The lowest BCUT2D eigenvalue weighted by molar-refractivity contribution is -0.116. The molecule has 6 nitrogen and oxygen atoms in total. The van der Waals surface area contributed by atoms with Crippen molar-refractivity contribution in [1.29, 1.82) is 0 Å². The van der Waals surface area contributed by atoms with E-state index in [-0.39, 0.29) is 21.4 Å². The highest BCUT2D eigenvalue weighted by molar-refractivity contribution is 7.91. The summed E-state index contributed by atoms with van der Waals surface area (Å²) >= 11 is 0. The maximum Gasteiger partial charge on any atom is 0.223 e. The Morgan fingerprint density at radius 1 is 1.10 bits per heavy atom. The number of hydrogen-bond donors (Lipinski definition) is 1. The van der Waals surface area contributed by atoms with Crippen LogP contribution in [0.3, 0.4) is 0 Å². The van der Waals surface area contributed by atoms with Crippen LogP contribution in [0.25, 0.3) is 0 Å². The Bertz CT molecular complexity index is 1050. The molecule has 9 heteroatoms. The number of sulfone groups is 1. The molecule has 0 bridgehead atoms. The third kappa shape index (κ3) is 5.04. The molecule has 1 saturated heterocycles. The van der Waals surface area contributed by atoms with Gasteiger partial charge in [0.2, 0.25) is 15.7 Å². The predicted molar refractivity (Wildman–Crippen MR) is 116 cm³/mol. The van der Waals surface area contributed by atoms with E-state index in [1.165, 1.54) is 17.9 Å². The molecule has 168 valence electrons. The van der Waals surface area contributed by atoms with Crippen LogP contribution in [-0.4, -0.2) is 47.0 Å². The van der Waals surface area contributed by atoms with Gasteiger partial charge in [-0.1, -0.05) is 6.92 Å². The quantitative estimate of drug-likeness (QED) is 0.682. The lowest BCUT2D eigenvalue weighted by atomic mass is 10.2. The van der Waals surface area contributed by atoms with Crippen LogP contribution < -0.4 is 15.1 Å². The number of nitrogens with zero attached hydrogens (tertiary/aromatic N) is 2. The van der Waals surface area contributed by atoms with E-state index in [0.717, 1.165) is 50.4 Å². The topological polar surface area (TPSA) is 69.7 Å². The largest absolute Gasteiger partial charge is 0.370 e. The zero-order valence-corrected chi connectivity index (χ0v) is 18.5. The van der Waals surface area contributed by atoms with E-state index in [9.17, 15) is 22.0 Å². The average molecular weight is 452 g/mol. The first-order valence-corrected chi connectivity index (χ1v) is 11.8. The maximum atomic E-state index is 13.8. The van der Waals surface area contributed by atoms with E-state index in [0.29, 0.717) is 19.0 Å². The summed E-state index contributed by atoms with van der Waals surface area (Å²) < 4.78 is 53.8. The van der Waals surface area contributed by atoms with Crippen molar-refractivity contribution in [3.63, 3.8) is 0 Å².